The summed E-state index contributed by atoms with van der Waals surface area (Å²) >= 11 is 0. The molecule has 3 rings (SSSR count). The third kappa shape index (κ3) is 4.07. The van der Waals surface area contributed by atoms with Crippen molar-refractivity contribution < 1.29 is 18.0 Å². The second-order valence-corrected chi connectivity index (χ2v) is 5.29. The topological polar surface area (TPSA) is 59.0 Å². The minimum Gasteiger partial charge on any atom is -0.346 e. The number of benzene rings is 1. The summed E-state index contributed by atoms with van der Waals surface area (Å²) in [6.07, 6.45) is -4.47. The zero-order valence-corrected chi connectivity index (χ0v) is 13.4. The number of halogens is 4. The fourth-order valence-electron chi connectivity index (χ4n) is 2.45. The monoisotopic (exact) mass is 360 g/mol. The largest absolute Gasteiger partial charge is 0.416 e. The molecular formula is C15H16ClF3N4O. The van der Waals surface area contributed by atoms with Crippen molar-refractivity contribution >= 4 is 18.3 Å². The molecule has 1 aliphatic heterocycles. The molecule has 9 heteroatoms. The van der Waals surface area contributed by atoms with Gasteiger partial charge in [0.25, 0.3) is 5.91 Å². The molecule has 0 fully saturated rings. The maximum atomic E-state index is 12.7. The number of alkyl halides is 3. The molecule has 0 unspecified atom stereocenters. The molecule has 5 nitrogen and oxygen atoms in total. The first kappa shape index (κ1) is 18.3. The summed E-state index contributed by atoms with van der Waals surface area (Å²) in [7, 11) is 0. The fraction of sp³-hybridized carbons (Fsp3) is 0.333. The zero-order chi connectivity index (χ0) is 16.4. The molecule has 1 aromatic carbocycles. The number of hydrogen-bond acceptors (Lipinski definition) is 3. The number of carbonyl (C=O) groups excluding carboxylic acids is 1. The number of hydrogen-bond donors (Lipinski definition) is 2. The van der Waals surface area contributed by atoms with Crippen LogP contribution in [0.5, 0.6) is 0 Å². The molecule has 2 heterocycles. The van der Waals surface area contributed by atoms with E-state index in [4.69, 9.17) is 0 Å². The van der Waals surface area contributed by atoms with Crippen molar-refractivity contribution in [2.24, 2.45) is 0 Å². The van der Waals surface area contributed by atoms with Crippen LogP contribution in [0, 0.1) is 0 Å². The molecule has 1 amide bonds. The van der Waals surface area contributed by atoms with E-state index in [2.05, 4.69) is 15.7 Å². The predicted octanol–water partition coefficient (Wildman–Crippen LogP) is 2.36. The summed E-state index contributed by atoms with van der Waals surface area (Å²) in [4.78, 5) is 12.0. The van der Waals surface area contributed by atoms with E-state index >= 15 is 0 Å². The lowest BCUT2D eigenvalue weighted by atomic mass is 10.1. The third-order valence-corrected chi connectivity index (χ3v) is 3.60. The average Bonchev–Trinajstić information content (AvgIpc) is 2.95. The highest BCUT2D eigenvalue weighted by Crippen LogP contribution is 2.29. The number of carbonyl (C=O) groups is 1. The number of fused-ring (bicyclic) bond motifs is 1. The first-order valence-electron chi connectivity index (χ1n) is 7.15. The van der Waals surface area contributed by atoms with Crippen molar-refractivity contribution in [2.75, 3.05) is 6.54 Å². The van der Waals surface area contributed by atoms with Gasteiger partial charge in [-0.25, -0.2) is 0 Å². The van der Waals surface area contributed by atoms with Gasteiger partial charge in [0.1, 0.15) is 0 Å². The first-order valence-corrected chi connectivity index (χ1v) is 7.15. The Labute approximate surface area is 142 Å². The molecule has 0 saturated heterocycles. The van der Waals surface area contributed by atoms with Gasteiger partial charge in [0.05, 0.1) is 30.0 Å². The van der Waals surface area contributed by atoms with Crippen LogP contribution in [0.25, 0.3) is 0 Å². The van der Waals surface area contributed by atoms with Crippen LogP contribution in [0.4, 0.5) is 13.2 Å². The molecule has 0 saturated carbocycles. The lowest BCUT2D eigenvalue weighted by Gasteiger charge is -2.13. The molecule has 1 aromatic heterocycles. The summed E-state index contributed by atoms with van der Waals surface area (Å²) < 4.78 is 39.9. The standard InChI is InChI=1S/C15H15F3N4O.ClH/c16-15(17,18)11-3-1-2-10(6-11)14(23)20-8-12-7-13-9-19-4-5-22(13)21-12;/h1-3,6-7,19H,4-5,8-9H2,(H,20,23);1H. The van der Waals surface area contributed by atoms with Gasteiger partial charge in [-0.3, -0.25) is 9.48 Å². The molecule has 0 atom stereocenters. The summed E-state index contributed by atoms with van der Waals surface area (Å²) in [5, 5.41) is 10.2. The Kier molecular flexibility index (Phi) is 5.51. The molecule has 2 N–H and O–H groups in total. The highest BCUT2D eigenvalue weighted by atomic mass is 35.5. The molecule has 130 valence electrons. The van der Waals surface area contributed by atoms with E-state index in [0.29, 0.717) is 12.2 Å². The van der Waals surface area contributed by atoms with Crippen molar-refractivity contribution in [3.8, 4) is 0 Å². The van der Waals surface area contributed by atoms with Gasteiger partial charge in [0.2, 0.25) is 0 Å². The molecule has 0 aliphatic carbocycles. The van der Waals surface area contributed by atoms with E-state index in [9.17, 15) is 18.0 Å². The highest BCUT2D eigenvalue weighted by molar-refractivity contribution is 5.94. The Morgan fingerprint density at radius 3 is 2.83 bits per heavy atom. The maximum absolute atomic E-state index is 12.7. The third-order valence-electron chi connectivity index (χ3n) is 3.60. The van der Waals surface area contributed by atoms with Crippen LogP contribution in [0.2, 0.25) is 0 Å². The smallest absolute Gasteiger partial charge is 0.346 e. The summed E-state index contributed by atoms with van der Waals surface area (Å²) in [5.74, 6) is -0.555. The minimum atomic E-state index is -4.47. The van der Waals surface area contributed by atoms with E-state index < -0.39 is 17.6 Å². The average molecular weight is 361 g/mol. The van der Waals surface area contributed by atoms with Gasteiger partial charge < -0.3 is 10.6 Å². The lowest BCUT2D eigenvalue weighted by molar-refractivity contribution is -0.137. The van der Waals surface area contributed by atoms with Crippen molar-refractivity contribution in [1.29, 1.82) is 0 Å². The van der Waals surface area contributed by atoms with Gasteiger partial charge in [-0.15, -0.1) is 12.4 Å². The van der Waals surface area contributed by atoms with Gasteiger partial charge in [-0.2, -0.15) is 18.3 Å². The minimum absolute atomic E-state index is 0. The van der Waals surface area contributed by atoms with Crippen molar-refractivity contribution in [1.82, 2.24) is 20.4 Å². The number of amides is 1. The Bertz CT molecular complexity index is 706. The van der Waals surface area contributed by atoms with Crippen LogP contribution in [0.3, 0.4) is 0 Å². The SMILES string of the molecule is Cl.O=C(NCc1cc2n(n1)CCNC2)c1cccc(C(F)(F)F)c1. The Morgan fingerprint density at radius 1 is 1.33 bits per heavy atom. The van der Waals surface area contributed by atoms with Crippen LogP contribution >= 0.6 is 12.4 Å². The second-order valence-electron chi connectivity index (χ2n) is 5.29. The summed E-state index contributed by atoms with van der Waals surface area (Å²) in [5.41, 5.74) is 0.850. The van der Waals surface area contributed by atoms with Crippen molar-refractivity contribution in [2.45, 2.75) is 25.8 Å². The quantitative estimate of drug-likeness (QED) is 0.883. The van der Waals surface area contributed by atoms with Gasteiger partial charge in [-0.05, 0) is 24.3 Å². The summed E-state index contributed by atoms with van der Waals surface area (Å²) in [6.45, 7) is 2.49. The molecule has 0 bridgehead atoms. The Balaban J connectivity index is 0.00000208. The van der Waals surface area contributed by atoms with Crippen LogP contribution in [-0.4, -0.2) is 22.2 Å². The van der Waals surface area contributed by atoms with Crippen LogP contribution in [0.1, 0.15) is 27.3 Å². The van der Waals surface area contributed by atoms with Crippen LogP contribution in [-0.2, 0) is 25.8 Å². The van der Waals surface area contributed by atoms with Gasteiger partial charge in [-0.1, -0.05) is 6.07 Å². The molecule has 1 aliphatic rings. The van der Waals surface area contributed by atoms with E-state index in [1.54, 1.807) is 0 Å². The van der Waals surface area contributed by atoms with E-state index in [0.717, 1.165) is 30.9 Å². The molecule has 2 aromatic rings. The van der Waals surface area contributed by atoms with Gasteiger partial charge in [0, 0.05) is 18.7 Å². The van der Waals surface area contributed by atoms with E-state index in [1.165, 1.54) is 12.1 Å². The van der Waals surface area contributed by atoms with Crippen LogP contribution in [0.15, 0.2) is 30.3 Å². The van der Waals surface area contributed by atoms with Crippen LogP contribution < -0.4 is 10.6 Å². The normalized spacial score (nSPS) is 13.8. The number of rotatable bonds is 3. The molecule has 24 heavy (non-hydrogen) atoms. The molecular weight excluding hydrogens is 345 g/mol. The maximum Gasteiger partial charge on any atom is 0.416 e. The lowest BCUT2D eigenvalue weighted by Crippen LogP contribution is -2.28. The van der Waals surface area contributed by atoms with E-state index in [-0.39, 0.29) is 24.5 Å². The summed E-state index contributed by atoms with van der Waals surface area (Å²) in [6, 6.07) is 6.23. The Hall–Kier alpha value is -2.06. The second kappa shape index (κ2) is 7.23. The van der Waals surface area contributed by atoms with Gasteiger partial charge in [0.15, 0.2) is 0 Å². The fourth-order valence-corrected chi connectivity index (χ4v) is 2.45. The molecule has 0 spiro atoms. The highest BCUT2D eigenvalue weighted by Gasteiger charge is 2.30. The van der Waals surface area contributed by atoms with Crippen molar-refractivity contribution in [3.05, 3.63) is 52.8 Å². The van der Waals surface area contributed by atoms with Gasteiger partial charge >= 0.3 is 6.18 Å². The van der Waals surface area contributed by atoms with E-state index in [1.807, 2.05) is 10.7 Å². The first-order chi connectivity index (χ1) is 10.9. The van der Waals surface area contributed by atoms with Crippen molar-refractivity contribution in [3.63, 3.8) is 0 Å². The number of nitrogens with one attached hydrogen (secondary N) is 2. The Morgan fingerprint density at radius 2 is 2.12 bits per heavy atom. The predicted molar refractivity (Wildman–Crippen MR) is 83.8 cm³/mol. The molecule has 0 radical (unpaired) electrons. The number of aromatic nitrogens is 2. The number of nitrogens with zero attached hydrogens (tertiary/aromatic N) is 2. The zero-order valence-electron chi connectivity index (χ0n) is 12.6.